The molecule has 1 aliphatic rings. The van der Waals surface area contributed by atoms with Gasteiger partial charge in [-0.15, -0.1) is 0 Å². The molecule has 1 saturated carbocycles. The molecular formula is C18H29N3O3S. The Labute approximate surface area is 150 Å². The molecule has 1 aromatic rings. The van der Waals surface area contributed by atoms with Crippen LogP contribution in [0.3, 0.4) is 0 Å². The van der Waals surface area contributed by atoms with E-state index in [4.69, 9.17) is 5.73 Å². The van der Waals surface area contributed by atoms with Crippen molar-refractivity contribution in [2.45, 2.75) is 63.4 Å². The second-order valence-corrected chi connectivity index (χ2v) is 8.59. The SMILES string of the molecule is CCN(CC)S(=O)(=O)c1ccc(C)c(C(=O)NC2CCC(N)CC2)c1. The van der Waals surface area contributed by atoms with Gasteiger partial charge >= 0.3 is 0 Å². The molecule has 1 fully saturated rings. The number of sulfonamides is 1. The van der Waals surface area contributed by atoms with Gasteiger partial charge in [0, 0.05) is 30.7 Å². The van der Waals surface area contributed by atoms with E-state index in [-0.39, 0.29) is 22.9 Å². The summed E-state index contributed by atoms with van der Waals surface area (Å²) in [6.45, 7) is 6.22. The minimum absolute atomic E-state index is 0.106. The Kier molecular flexibility index (Phi) is 6.59. The lowest BCUT2D eigenvalue weighted by Crippen LogP contribution is -2.40. The monoisotopic (exact) mass is 367 g/mol. The van der Waals surface area contributed by atoms with Crippen LogP contribution in [0.5, 0.6) is 0 Å². The zero-order chi connectivity index (χ0) is 18.6. The lowest BCUT2D eigenvalue weighted by atomic mass is 9.91. The normalized spacial score (nSPS) is 21.3. The number of nitrogens with one attached hydrogen (secondary N) is 1. The number of amides is 1. The number of carbonyl (C=O) groups excluding carboxylic acids is 1. The first kappa shape index (κ1) is 19.9. The molecule has 7 heteroatoms. The molecule has 1 aliphatic carbocycles. The van der Waals surface area contributed by atoms with Gasteiger partial charge in [0.1, 0.15) is 0 Å². The third-order valence-electron chi connectivity index (χ3n) is 4.90. The van der Waals surface area contributed by atoms with Crippen molar-refractivity contribution in [1.82, 2.24) is 9.62 Å². The molecule has 3 N–H and O–H groups in total. The largest absolute Gasteiger partial charge is 0.349 e. The highest BCUT2D eigenvalue weighted by Gasteiger charge is 2.25. The molecule has 0 bridgehead atoms. The average molecular weight is 368 g/mol. The van der Waals surface area contributed by atoms with Gasteiger partial charge in [-0.1, -0.05) is 19.9 Å². The number of hydrogen-bond donors (Lipinski definition) is 2. The van der Waals surface area contributed by atoms with Gasteiger partial charge in [0.15, 0.2) is 0 Å². The summed E-state index contributed by atoms with van der Waals surface area (Å²) in [5.41, 5.74) is 7.09. The van der Waals surface area contributed by atoms with Gasteiger partial charge in [-0.2, -0.15) is 4.31 Å². The van der Waals surface area contributed by atoms with Crippen molar-refractivity contribution in [3.63, 3.8) is 0 Å². The topological polar surface area (TPSA) is 92.5 Å². The third kappa shape index (κ3) is 4.59. The van der Waals surface area contributed by atoms with Crippen LogP contribution >= 0.6 is 0 Å². The van der Waals surface area contributed by atoms with Gasteiger partial charge in [-0.3, -0.25) is 4.79 Å². The smallest absolute Gasteiger partial charge is 0.251 e. The maximum absolute atomic E-state index is 12.7. The maximum Gasteiger partial charge on any atom is 0.251 e. The van der Waals surface area contributed by atoms with Crippen LogP contribution in [0.2, 0.25) is 0 Å². The van der Waals surface area contributed by atoms with Gasteiger partial charge in [0.05, 0.1) is 4.90 Å². The fraction of sp³-hybridized carbons (Fsp3) is 0.611. The number of rotatable bonds is 6. The first-order valence-corrected chi connectivity index (χ1v) is 10.4. The van der Waals surface area contributed by atoms with E-state index in [2.05, 4.69) is 5.32 Å². The van der Waals surface area contributed by atoms with Crippen LogP contribution in [-0.2, 0) is 10.0 Å². The molecule has 2 rings (SSSR count). The van der Waals surface area contributed by atoms with Crippen LogP contribution in [0.4, 0.5) is 0 Å². The second kappa shape index (κ2) is 8.29. The Morgan fingerprint density at radius 1 is 1.20 bits per heavy atom. The van der Waals surface area contributed by atoms with Crippen molar-refractivity contribution in [1.29, 1.82) is 0 Å². The summed E-state index contributed by atoms with van der Waals surface area (Å²) in [5, 5.41) is 3.03. The van der Waals surface area contributed by atoms with Crippen molar-refractivity contribution in [3.05, 3.63) is 29.3 Å². The number of nitrogens with two attached hydrogens (primary N) is 1. The molecule has 140 valence electrons. The van der Waals surface area contributed by atoms with Crippen LogP contribution in [0, 0.1) is 6.92 Å². The van der Waals surface area contributed by atoms with E-state index < -0.39 is 10.0 Å². The van der Waals surface area contributed by atoms with E-state index in [1.54, 1.807) is 26.0 Å². The van der Waals surface area contributed by atoms with Crippen molar-refractivity contribution >= 4 is 15.9 Å². The molecule has 6 nitrogen and oxygen atoms in total. The molecule has 0 atom stereocenters. The zero-order valence-corrected chi connectivity index (χ0v) is 16.1. The molecule has 1 aromatic carbocycles. The number of carbonyl (C=O) groups is 1. The van der Waals surface area contributed by atoms with Crippen LogP contribution in [0.25, 0.3) is 0 Å². The highest BCUT2D eigenvalue weighted by Crippen LogP contribution is 2.21. The molecule has 0 spiro atoms. The lowest BCUT2D eigenvalue weighted by Gasteiger charge is -2.27. The number of aryl methyl sites for hydroxylation is 1. The predicted molar refractivity (Wildman–Crippen MR) is 99.0 cm³/mol. The number of nitrogens with zero attached hydrogens (tertiary/aromatic N) is 1. The third-order valence-corrected chi connectivity index (χ3v) is 6.95. The minimum Gasteiger partial charge on any atom is -0.349 e. The van der Waals surface area contributed by atoms with Gasteiger partial charge in [-0.25, -0.2) is 8.42 Å². The Morgan fingerprint density at radius 3 is 2.36 bits per heavy atom. The Balaban J connectivity index is 2.22. The summed E-state index contributed by atoms with van der Waals surface area (Å²) in [5.74, 6) is -0.213. The molecule has 0 radical (unpaired) electrons. The summed E-state index contributed by atoms with van der Waals surface area (Å²) >= 11 is 0. The van der Waals surface area contributed by atoms with E-state index in [9.17, 15) is 13.2 Å². The quantitative estimate of drug-likeness (QED) is 0.804. The number of hydrogen-bond acceptors (Lipinski definition) is 4. The molecule has 0 saturated heterocycles. The van der Waals surface area contributed by atoms with Crippen LogP contribution in [0.1, 0.15) is 55.5 Å². The van der Waals surface area contributed by atoms with E-state index in [0.29, 0.717) is 18.7 Å². The molecular weight excluding hydrogens is 338 g/mol. The van der Waals surface area contributed by atoms with Crippen molar-refractivity contribution < 1.29 is 13.2 Å². The predicted octanol–water partition coefficient (Wildman–Crippen LogP) is 2.03. The highest BCUT2D eigenvalue weighted by atomic mass is 32.2. The Morgan fingerprint density at radius 2 is 1.80 bits per heavy atom. The van der Waals surface area contributed by atoms with Crippen molar-refractivity contribution in [2.75, 3.05) is 13.1 Å². The van der Waals surface area contributed by atoms with Crippen LogP contribution in [0.15, 0.2) is 23.1 Å². The van der Waals surface area contributed by atoms with Gasteiger partial charge < -0.3 is 11.1 Å². The first-order valence-electron chi connectivity index (χ1n) is 8.96. The zero-order valence-electron chi connectivity index (χ0n) is 15.3. The summed E-state index contributed by atoms with van der Waals surface area (Å²) in [7, 11) is -3.58. The number of benzene rings is 1. The maximum atomic E-state index is 12.7. The average Bonchev–Trinajstić information content (AvgIpc) is 2.58. The van der Waals surface area contributed by atoms with Gasteiger partial charge in [0.25, 0.3) is 5.91 Å². The summed E-state index contributed by atoms with van der Waals surface area (Å²) in [6, 6.07) is 5.08. The van der Waals surface area contributed by atoms with Crippen LogP contribution < -0.4 is 11.1 Å². The first-order chi connectivity index (χ1) is 11.8. The molecule has 0 heterocycles. The molecule has 0 aliphatic heterocycles. The summed E-state index contributed by atoms with van der Waals surface area (Å²) in [6.07, 6.45) is 3.54. The molecule has 0 unspecified atom stereocenters. The molecule has 1 amide bonds. The summed E-state index contributed by atoms with van der Waals surface area (Å²) < 4.78 is 26.8. The lowest BCUT2D eigenvalue weighted by molar-refractivity contribution is 0.0925. The van der Waals surface area contributed by atoms with E-state index in [1.165, 1.54) is 10.4 Å². The van der Waals surface area contributed by atoms with E-state index in [0.717, 1.165) is 31.2 Å². The van der Waals surface area contributed by atoms with Crippen LogP contribution in [-0.4, -0.2) is 43.8 Å². The minimum atomic E-state index is -3.58. The van der Waals surface area contributed by atoms with Gasteiger partial charge in [-0.05, 0) is 50.3 Å². The van der Waals surface area contributed by atoms with Crippen molar-refractivity contribution in [3.8, 4) is 0 Å². The van der Waals surface area contributed by atoms with Crippen molar-refractivity contribution in [2.24, 2.45) is 5.73 Å². The Hall–Kier alpha value is -1.44. The van der Waals surface area contributed by atoms with E-state index >= 15 is 0 Å². The Bertz CT molecular complexity index is 706. The fourth-order valence-corrected chi connectivity index (χ4v) is 4.73. The van der Waals surface area contributed by atoms with E-state index in [1.807, 2.05) is 6.92 Å². The highest BCUT2D eigenvalue weighted by molar-refractivity contribution is 7.89. The van der Waals surface area contributed by atoms with Gasteiger partial charge in [0.2, 0.25) is 10.0 Å². The second-order valence-electron chi connectivity index (χ2n) is 6.65. The summed E-state index contributed by atoms with van der Waals surface area (Å²) in [4.78, 5) is 12.8. The molecule has 25 heavy (non-hydrogen) atoms. The molecule has 0 aromatic heterocycles. The fourth-order valence-electron chi connectivity index (χ4n) is 3.25. The standard InChI is InChI=1S/C18H29N3O3S/c1-4-21(5-2)25(23,24)16-11-6-13(3)17(12-16)18(22)20-15-9-7-14(19)8-10-15/h6,11-12,14-15H,4-5,7-10,19H2,1-3H3,(H,20,22).